The molecular formula is C18H21N3. The first kappa shape index (κ1) is 13.7. The van der Waals surface area contributed by atoms with E-state index in [4.69, 9.17) is 0 Å². The molecule has 0 saturated heterocycles. The lowest BCUT2D eigenvalue weighted by Gasteiger charge is -2.19. The zero-order valence-corrected chi connectivity index (χ0v) is 12.6. The molecule has 0 saturated carbocycles. The van der Waals surface area contributed by atoms with Crippen molar-refractivity contribution in [3.8, 4) is 0 Å². The summed E-state index contributed by atoms with van der Waals surface area (Å²) in [4.78, 5) is 2.27. The van der Waals surface area contributed by atoms with Crippen LogP contribution in [0, 0.1) is 0 Å². The van der Waals surface area contributed by atoms with Crippen LogP contribution < -0.4 is 10.3 Å². The first-order valence-corrected chi connectivity index (χ1v) is 7.25. The highest BCUT2D eigenvalue weighted by Crippen LogP contribution is 2.22. The molecule has 0 radical (unpaired) electrons. The predicted molar refractivity (Wildman–Crippen MR) is 88.7 cm³/mol. The fourth-order valence-corrected chi connectivity index (χ4v) is 2.59. The Labute approximate surface area is 126 Å². The summed E-state index contributed by atoms with van der Waals surface area (Å²) in [6.45, 7) is 1.82. The second-order valence-corrected chi connectivity index (χ2v) is 5.49. The molecule has 1 aliphatic rings. The van der Waals surface area contributed by atoms with E-state index in [1.807, 2.05) is 12.1 Å². The van der Waals surface area contributed by atoms with Crippen molar-refractivity contribution >= 4 is 11.3 Å². The first-order valence-electron chi connectivity index (χ1n) is 7.25. The van der Waals surface area contributed by atoms with Gasteiger partial charge in [0.15, 0.2) is 0 Å². The third-order valence-corrected chi connectivity index (χ3v) is 3.81. The van der Waals surface area contributed by atoms with Gasteiger partial charge in [0.25, 0.3) is 0 Å². The van der Waals surface area contributed by atoms with Crippen molar-refractivity contribution in [2.75, 3.05) is 25.5 Å². The number of hydrogen-bond acceptors (Lipinski definition) is 3. The highest BCUT2D eigenvalue weighted by atomic mass is 15.5. The highest BCUT2D eigenvalue weighted by molar-refractivity contribution is 5.69. The van der Waals surface area contributed by atoms with Crippen LogP contribution in [0.15, 0.2) is 60.8 Å². The molecule has 2 aromatic rings. The number of nitrogens with zero attached hydrogens (tertiary/aromatic N) is 2. The van der Waals surface area contributed by atoms with Crippen molar-refractivity contribution in [3.63, 3.8) is 0 Å². The SMILES string of the molecule is CN1C=C(c2ccc(N(C)Cc3ccccc3)cc2)CN1. The largest absolute Gasteiger partial charge is 0.370 e. The van der Waals surface area contributed by atoms with Crippen LogP contribution >= 0.6 is 0 Å². The smallest absolute Gasteiger partial charge is 0.0426 e. The van der Waals surface area contributed by atoms with Crippen molar-refractivity contribution in [1.82, 2.24) is 10.4 Å². The molecule has 0 atom stereocenters. The predicted octanol–water partition coefficient (Wildman–Crippen LogP) is 3.11. The maximum absolute atomic E-state index is 3.27. The molecule has 0 amide bonds. The molecule has 21 heavy (non-hydrogen) atoms. The summed E-state index contributed by atoms with van der Waals surface area (Å²) in [5, 5.41) is 2.00. The van der Waals surface area contributed by atoms with Gasteiger partial charge in [-0.05, 0) is 28.8 Å². The molecule has 2 aromatic carbocycles. The Morgan fingerprint density at radius 1 is 1.05 bits per heavy atom. The summed E-state index contributed by atoms with van der Waals surface area (Å²) in [6.07, 6.45) is 2.14. The average Bonchev–Trinajstić information content (AvgIpc) is 2.95. The highest BCUT2D eigenvalue weighted by Gasteiger charge is 2.10. The Balaban J connectivity index is 1.70. The molecule has 0 aliphatic carbocycles. The molecule has 1 heterocycles. The van der Waals surface area contributed by atoms with Crippen LogP contribution in [0.4, 0.5) is 5.69 Å². The lowest BCUT2D eigenvalue weighted by atomic mass is 10.1. The van der Waals surface area contributed by atoms with Gasteiger partial charge in [0.05, 0.1) is 0 Å². The number of anilines is 1. The second-order valence-electron chi connectivity index (χ2n) is 5.49. The van der Waals surface area contributed by atoms with Crippen molar-refractivity contribution in [2.24, 2.45) is 0 Å². The quantitative estimate of drug-likeness (QED) is 0.927. The molecule has 3 nitrogen and oxygen atoms in total. The summed E-state index contributed by atoms with van der Waals surface area (Å²) in [7, 11) is 4.15. The molecule has 0 unspecified atom stereocenters. The first-order chi connectivity index (χ1) is 10.2. The molecule has 0 bridgehead atoms. The van der Waals surface area contributed by atoms with E-state index in [2.05, 4.69) is 78.2 Å². The maximum atomic E-state index is 3.27. The summed E-state index contributed by atoms with van der Waals surface area (Å²) < 4.78 is 0. The Hall–Kier alpha value is -2.26. The monoisotopic (exact) mass is 279 g/mol. The zero-order chi connectivity index (χ0) is 14.7. The van der Waals surface area contributed by atoms with Crippen LogP contribution in [0.2, 0.25) is 0 Å². The van der Waals surface area contributed by atoms with Gasteiger partial charge in [0.2, 0.25) is 0 Å². The normalized spacial score (nSPS) is 14.2. The van der Waals surface area contributed by atoms with Gasteiger partial charge in [-0.2, -0.15) is 0 Å². The fraction of sp³-hybridized carbons (Fsp3) is 0.222. The van der Waals surface area contributed by atoms with Crippen molar-refractivity contribution in [3.05, 3.63) is 71.9 Å². The average molecular weight is 279 g/mol. The minimum absolute atomic E-state index is 0.899. The topological polar surface area (TPSA) is 18.5 Å². The van der Waals surface area contributed by atoms with Crippen LogP contribution in [0.5, 0.6) is 0 Å². The van der Waals surface area contributed by atoms with Gasteiger partial charge in [0, 0.05) is 39.1 Å². The van der Waals surface area contributed by atoms with E-state index in [0.29, 0.717) is 0 Å². The number of rotatable bonds is 4. The van der Waals surface area contributed by atoms with E-state index in [1.165, 1.54) is 22.4 Å². The molecule has 0 spiro atoms. The maximum Gasteiger partial charge on any atom is 0.0426 e. The zero-order valence-electron chi connectivity index (χ0n) is 12.6. The van der Waals surface area contributed by atoms with Gasteiger partial charge in [-0.15, -0.1) is 0 Å². The van der Waals surface area contributed by atoms with Gasteiger partial charge >= 0.3 is 0 Å². The van der Waals surface area contributed by atoms with Crippen LogP contribution in [0.1, 0.15) is 11.1 Å². The summed E-state index contributed by atoms with van der Waals surface area (Å²) in [6, 6.07) is 19.3. The minimum Gasteiger partial charge on any atom is -0.370 e. The van der Waals surface area contributed by atoms with E-state index in [-0.39, 0.29) is 0 Å². The van der Waals surface area contributed by atoms with E-state index < -0.39 is 0 Å². The van der Waals surface area contributed by atoms with Crippen molar-refractivity contribution < 1.29 is 0 Å². The summed E-state index contributed by atoms with van der Waals surface area (Å²) in [5.41, 5.74) is 8.44. The minimum atomic E-state index is 0.899. The number of benzene rings is 2. The van der Waals surface area contributed by atoms with E-state index in [1.54, 1.807) is 0 Å². The fourth-order valence-electron chi connectivity index (χ4n) is 2.59. The van der Waals surface area contributed by atoms with Gasteiger partial charge in [-0.3, -0.25) is 0 Å². The lowest BCUT2D eigenvalue weighted by molar-refractivity contribution is 0.374. The molecule has 0 fully saturated rings. The number of hydrazine groups is 1. The van der Waals surface area contributed by atoms with Crippen LogP contribution in [-0.4, -0.2) is 25.6 Å². The van der Waals surface area contributed by atoms with E-state index in [0.717, 1.165) is 13.1 Å². The number of nitrogens with one attached hydrogen (secondary N) is 1. The molecule has 1 N–H and O–H groups in total. The van der Waals surface area contributed by atoms with Crippen molar-refractivity contribution in [2.45, 2.75) is 6.54 Å². The second kappa shape index (κ2) is 6.02. The van der Waals surface area contributed by atoms with Crippen LogP contribution in [0.3, 0.4) is 0 Å². The number of hydrogen-bond donors (Lipinski definition) is 1. The van der Waals surface area contributed by atoms with Gasteiger partial charge < -0.3 is 9.91 Å². The Kier molecular flexibility index (Phi) is 3.93. The third kappa shape index (κ3) is 3.26. The standard InChI is InChI=1S/C18H21N3/c1-20(13-15-6-4-3-5-7-15)18-10-8-16(9-11-18)17-12-19-21(2)14-17/h3-11,14,19H,12-13H2,1-2H3. The third-order valence-electron chi connectivity index (χ3n) is 3.81. The Morgan fingerprint density at radius 3 is 2.38 bits per heavy atom. The van der Waals surface area contributed by atoms with E-state index >= 15 is 0 Å². The van der Waals surface area contributed by atoms with Gasteiger partial charge in [0.1, 0.15) is 0 Å². The molecule has 0 aromatic heterocycles. The van der Waals surface area contributed by atoms with Crippen LogP contribution in [0.25, 0.3) is 5.57 Å². The summed E-state index contributed by atoms with van der Waals surface area (Å²) >= 11 is 0. The van der Waals surface area contributed by atoms with E-state index in [9.17, 15) is 0 Å². The molecule has 1 aliphatic heterocycles. The summed E-state index contributed by atoms with van der Waals surface area (Å²) in [5.74, 6) is 0. The Bertz CT molecular complexity index is 617. The lowest BCUT2D eigenvalue weighted by Crippen LogP contribution is -2.23. The molecular weight excluding hydrogens is 258 g/mol. The van der Waals surface area contributed by atoms with Gasteiger partial charge in [-0.1, -0.05) is 42.5 Å². The molecule has 108 valence electrons. The molecule has 3 rings (SSSR count). The van der Waals surface area contributed by atoms with Crippen molar-refractivity contribution in [1.29, 1.82) is 0 Å². The van der Waals surface area contributed by atoms with Crippen LogP contribution in [-0.2, 0) is 6.54 Å². The van der Waals surface area contributed by atoms with Gasteiger partial charge in [-0.25, -0.2) is 5.43 Å². The Morgan fingerprint density at radius 2 is 1.76 bits per heavy atom. The molecule has 3 heteroatoms.